The van der Waals surface area contributed by atoms with Gasteiger partial charge in [0.15, 0.2) is 11.3 Å². The molecule has 7 N–H and O–H groups in total. The summed E-state index contributed by atoms with van der Waals surface area (Å²) >= 11 is 0. The van der Waals surface area contributed by atoms with Crippen molar-refractivity contribution in [3.63, 3.8) is 0 Å². The summed E-state index contributed by atoms with van der Waals surface area (Å²) < 4.78 is 0. The van der Waals surface area contributed by atoms with Gasteiger partial charge >= 0.3 is 0 Å². The molecule has 3 rings (SSSR count). The third-order valence-corrected chi connectivity index (χ3v) is 2.08. The molecule has 0 saturated heterocycles. The molecule has 0 aromatic carbocycles. The average molecular weight is 217 g/mol. The van der Waals surface area contributed by atoms with E-state index in [0.29, 0.717) is 22.3 Å². The van der Waals surface area contributed by atoms with Gasteiger partial charge < -0.3 is 21.4 Å². The monoisotopic (exact) mass is 217 g/mol. The van der Waals surface area contributed by atoms with Gasteiger partial charge in [-0.15, -0.1) is 0 Å². The van der Waals surface area contributed by atoms with Crippen LogP contribution in [0.5, 0.6) is 0 Å². The molecule has 0 radical (unpaired) electrons. The Hall–Kier alpha value is -2.71. The van der Waals surface area contributed by atoms with Crippen molar-refractivity contribution in [3.05, 3.63) is 5.62 Å². The molecular formula is C7H7N9. The number of nitrogens with zero attached hydrogens (tertiary/aromatic N) is 4. The summed E-state index contributed by atoms with van der Waals surface area (Å²) in [6.07, 6.45) is 0. The van der Waals surface area contributed by atoms with Crippen LogP contribution in [0.3, 0.4) is 0 Å². The standard InChI is InChI=1S/C7H7N9/c8-5-11-2-1-3(13-5)15-7(10)16-4(1)14-6(9)12-2/h(H7,8,9,10,11,12,13,14,15,16). The summed E-state index contributed by atoms with van der Waals surface area (Å²) in [7, 11) is 0. The van der Waals surface area contributed by atoms with E-state index < -0.39 is 0 Å². The van der Waals surface area contributed by atoms with Gasteiger partial charge in [0.2, 0.25) is 17.5 Å². The fourth-order valence-corrected chi connectivity index (χ4v) is 1.52. The molecule has 80 valence electrons. The van der Waals surface area contributed by atoms with Crippen molar-refractivity contribution in [2.45, 2.75) is 0 Å². The Morgan fingerprint density at radius 1 is 0.875 bits per heavy atom. The van der Waals surface area contributed by atoms with E-state index in [0.717, 1.165) is 0 Å². The number of nitrogens with two attached hydrogens (primary N) is 2. The van der Waals surface area contributed by atoms with Crippen LogP contribution in [0.25, 0.3) is 22.3 Å². The predicted octanol–water partition coefficient (Wildman–Crippen LogP) is -1.13. The van der Waals surface area contributed by atoms with Crippen LogP contribution in [-0.2, 0) is 0 Å². The van der Waals surface area contributed by atoms with Gasteiger partial charge in [0.05, 0.1) is 0 Å². The van der Waals surface area contributed by atoms with Crippen molar-refractivity contribution in [1.29, 1.82) is 5.41 Å². The van der Waals surface area contributed by atoms with Crippen molar-refractivity contribution in [3.8, 4) is 0 Å². The zero-order valence-corrected chi connectivity index (χ0v) is 7.94. The highest BCUT2D eigenvalue weighted by molar-refractivity contribution is 6.00. The molecule has 0 aliphatic rings. The lowest BCUT2D eigenvalue weighted by molar-refractivity contribution is 0.986. The Bertz CT molecular complexity index is 694. The third-order valence-electron chi connectivity index (χ3n) is 2.08. The van der Waals surface area contributed by atoms with Crippen LogP contribution < -0.4 is 17.1 Å². The van der Waals surface area contributed by atoms with Crippen LogP contribution in [0.15, 0.2) is 0 Å². The van der Waals surface area contributed by atoms with Crippen molar-refractivity contribution >= 4 is 34.2 Å². The quantitative estimate of drug-likeness (QED) is 0.320. The van der Waals surface area contributed by atoms with E-state index in [4.69, 9.17) is 16.9 Å². The van der Waals surface area contributed by atoms with E-state index in [2.05, 4.69) is 29.9 Å². The van der Waals surface area contributed by atoms with Crippen LogP contribution in [0.1, 0.15) is 0 Å². The maximum Gasteiger partial charge on any atom is 0.245 e. The molecule has 0 atom stereocenters. The Morgan fingerprint density at radius 2 is 1.38 bits per heavy atom. The molecule has 16 heavy (non-hydrogen) atoms. The minimum absolute atomic E-state index is 0.175. The largest absolute Gasteiger partial charge is 0.369 e. The van der Waals surface area contributed by atoms with Crippen LogP contribution in [-0.4, -0.2) is 29.9 Å². The molecule has 0 fully saturated rings. The molecular weight excluding hydrogens is 210 g/mol. The highest BCUT2D eigenvalue weighted by Gasteiger charge is 2.10. The lowest BCUT2D eigenvalue weighted by Crippen LogP contribution is -2.14. The predicted molar refractivity (Wildman–Crippen MR) is 56.0 cm³/mol. The highest BCUT2D eigenvalue weighted by Crippen LogP contribution is 2.18. The van der Waals surface area contributed by atoms with Crippen molar-refractivity contribution in [1.82, 2.24) is 29.9 Å². The first kappa shape index (κ1) is 8.59. The molecule has 9 heteroatoms. The Labute approximate surface area is 87.5 Å². The lowest BCUT2D eigenvalue weighted by Gasteiger charge is -2.05. The molecule has 3 heterocycles. The number of anilines is 2. The average Bonchev–Trinajstić information content (AvgIpc) is 2.14. The molecule has 3 aromatic rings. The Balaban J connectivity index is 2.69. The summed E-state index contributed by atoms with van der Waals surface area (Å²) in [5.74, 6) is 0.350. The zero-order valence-electron chi connectivity index (χ0n) is 7.94. The molecule has 0 amide bonds. The van der Waals surface area contributed by atoms with Gasteiger partial charge in [-0.2, -0.15) is 19.9 Å². The van der Waals surface area contributed by atoms with E-state index in [1.165, 1.54) is 0 Å². The smallest absolute Gasteiger partial charge is 0.245 e. The molecule has 9 nitrogen and oxygen atoms in total. The number of aromatic nitrogens is 6. The zero-order chi connectivity index (χ0) is 11.3. The highest BCUT2D eigenvalue weighted by atomic mass is 15.1. The summed E-state index contributed by atoms with van der Waals surface area (Å²) in [6.45, 7) is 0. The summed E-state index contributed by atoms with van der Waals surface area (Å²) in [6, 6.07) is 0. The van der Waals surface area contributed by atoms with Crippen molar-refractivity contribution in [2.24, 2.45) is 0 Å². The van der Waals surface area contributed by atoms with Gasteiger partial charge in [-0.25, -0.2) is 0 Å². The van der Waals surface area contributed by atoms with Crippen molar-refractivity contribution in [2.75, 3.05) is 11.5 Å². The van der Waals surface area contributed by atoms with E-state index >= 15 is 0 Å². The van der Waals surface area contributed by atoms with Crippen molar-refractivity contribution < 1.29 is 0 Å². The molecule has 0 bridgehead atoms. The van der Waals surface area contributed by atoms with E-state index in [1.807, 2.05) is 0 Å². The number of nitrogens with one attached hydrogen (secondary N) is 3. The lowest BCUT2D eigenvalue weighted by atomic mass is 10.3. The van der Waals surface area contributed by atoms with Crippen LogP contribution in [0.4, 0.5) is 11.9 Å². The first-order chi connectivity index (χ1) is 7.63. The normalized spacial score (nSPS) is 11.2. The first-order valence-corrected chi connectivity index (χ1v) is 4.37. The summed E-state index contributed by atoms with van der Waals surface area (Å²) in [5, 5.41) is 7.98. The molecule has 0 unspecified atom stereocenters. The number of H-pyrrole nitrogens is 2. The van der Waals surface area contributed by atoms with Crippen LogP contribution in [0.2, 0.25) is 0 Å². The molecule has 3 aromatic heterocycles. The fraction of sp³-hybridized carbons (Fsp3) is 0. The van der Waals surface area contributed by atoms with E-state index in [-0.39, 0.29) is 17.5 Å². The minimum atomic E-state index is -0.176. The maximum atomic E-state index is 7.41. The van der Waals surface area contributed by atoms with Gasteiger partial charge in [0, 0.05) is 0 Å². The number of aromatic amines is 2. The van der Waals surface area contributed by atoms with Gasteiger partial charge in [-0.3, -0.25) is 5.41 Å². The SMILES string of the molecule is N=c1nc2nc(N)[nH]c3[nH]c(N)nc(n1)c23. The minimum Gasteiger partial charge on any atom is -0.369 e. The Kier molecular flexibility index (Phi) is 1.42. The second kappa shape index (κ2) is 2.66. The molecule has 0 spiro atoms. The number of rotatable bonds is 0. The molecule has 0 saturated carbocycles. The number of nitrogen functional groups attached to an aromatic ring is 2. The van der Waals surface area contributed by atoms with Crippen LogP contribution in [0, 0.1) is 5.41 Å². The van der Waals surface area contributed by atoms with Gasteiger partial charge in [-0.1, -0.05) is 0 Å². The second-order valence-corrected chi connectivity index (χ2v) is 3.19. The second-order valence-electron chi connectivity index (χ2n) is 3.19. The number of hydrogen-bond donors (Lipinski definition) is 5. The maximum absolute atomic E-state index is 7.41. The van der Waals surface area contributed by atoms with E-state index in [1.54, 1.807) is 0 Å². The van der Waals surface area contributed by atoms with Gasteiger partial charge in [-0.05, 0) is 0 Å². The van der Waals surface area contributed by atoms with Crippen LogP contribution >= 0.6 is 0 Å². The summed E-state index contributed by atoms with van der Waals surface area (Å²) in [4.78, 5) is 21.2. The first-order valence-electron chi connectivity index (χ1n) is 4.37. The third kappa shape index (κ3) is 1.08. The fourth-order valence-electron chi connectivity index (χ4n) is 1.52. The molecule has 0 aliphatic heterocycles. The van der Waals surface area contributed by atoms with E-state index in [9.17, 15) is 0 Å². The topological polar surface area (TPSA) is 159 Å². The molecule has 0 aliphatic carbocycles. The van der Waals surface area contributed by atoms with Gasteiger partial charge in [0.25, 0.3) is 0 Å². The Morgan fingerprint density at radius 3 is 1.88 bits per heavy atom. The summed E-state index contributed by atoms with van der Waals surface area (Å²) in [5.41, 5.74) is 12.1. The van der Waals surface area contributed by atoms with Gasteiger partial charge in [0.1, 0.15) is 11.0 Å². The number of hydrogen-bond acceptors (Lipinski definition) is 7.